The molecule has 0 spiro atoms. The molecule has 7 nitrogen and oxygen atoms in total. The maximum Gasteiger partial charge on any atom is 0.320 e. The molecule has 0 saturated heterocycles. The number of guanidine groups is 1. The van der Waals surface area contributed by atoms with Crippen molar-refractivity contribution in [1.82, 2.24) is 0 Å². The van der Waals surface area contributed by atoms with Gasteiger partial charge in [-0.1, -0.05) is 0 Å². The Hall–Kier alpha value is -1.34. The fraction of sp³-hybridized carbons (Fsp3) is 0.714. The summed E-state index contributed by atoms with van der Waals surface area (Å²) in [5.74, 6) is -0.913. The average molecular weight is 206 g/mol. The van der Waals surface area contributed by atoms with E-state index in [4.69, 9.17) is 22.3 Å². The van der Waals surface area contributed by atoms with E-state index < -0.39 is 12.0 Å². The highest BCUT2D eigenvalue weighted by Crippen LogP contribution is 1.99. The highest BCUT2D eigenvalue weighted by atomic mass is 16.4. The Morgan fingerprint density at radius 1 is 1.36 bits per heavy atom. The highest BCUT2D eigenvalue weighted by Gasteiger charge is 2.09. The van der Waals surface area contributed by atoms with E-state index in [9.17, 15) is 4.79 Å². The number of carboxylic acids is 1. The first-order valence-corrected chi connectivity index (χ1v) is 4.08. The Kier molecular flexibility index (Phi) is 8.94. The lowest BCUT2D eigenvalue weighted by Crippen LogP contribution is -2.29. The highest BCUT2D eigenvalue weighted by molar-refractivity contribution is 5.75. The SMILES string of the molecule is NC(N)=NCCCC[C@H](N)C(=O)O.O. The predicted molar refractivity (Wildman–Crippen MR) is 53.8 cm³/mol. The minimum absolute atomic E-state index is 0. The quantitative estimate of drug-likeness (QED) is 0.224. The fourth-order valence-electron chi connectivity index (χ4n) is 0.808. The summed E-state index contributed by atoms with van der Waals surface area (Å²) >= 11 is 0. The second-order valence-electron chi connectivity index (χ2n) is 2.75. The van der Waals surface area contributed by atoms with Gasteiger partial charge in [0.1, 0.15) is 6.04 Å². The van der Waals surface area contributed by atoms with Crippen LogP contribution in [0.3, 0.4) is 0 Å². The molecule has 0 aromatic rings. The zero-order valence-electron chi connectivity index (χ0n) is 7.94. The van der Waals surface area contributed by atoms with Crippen molar-refractivity contribution in [2.24, 2.45) is 22.2 Å². The monoisotopic (exact) mass is 206 g/mol. The zero-order valence-corrected chi connectivity index (χ0v) is 7.94. The molecule has 0 aromatic heterocycles. The molecule has 14 heavy (non-hydrogen) atoms. The number of nitrogens with zero attached hydrogens (tertiary/aromatic N) is 1. The van der Waals surface area contributed by atoms with E-state index in [1.54, 1.807) is 0 Å². The molecule has 0 rings (SSSR count). The number of carboxylic acid groups (broad SMARTS) is 1. The van der Waals surface area contributed by atoms with Crippen LogP contribution in [0, 0.1) is 0 Å². The Morgan fingerprint density at radius 2 is 1.93 bits per heavy atom. The zero-order chi connectivity index (χ0) is 10.3. The Labute approximate surface area is 82.3 Å². The Morgan fingerprint density at radius 3 is 2.36 bits per heavy atom. The van der Waals surface area contributed by atoms with Gasteiger partial charge < -0.3 is 27.8 Å². The maximum atomic E-state index is 10.3. The minimum atomic E-state index is -0.971. The molecular weight excluding hydrogens is 188 g/mol. The molecule has 7 heteroatoms. The lowest BCUT2D eigenvalue weighted by atomic mass is 10.1. The third-order valence-corrected chi connectivity index (χ3v) is 1.53. The molecular formula is C7H18N4O3. The van der Waals surface area contributed by atoms with Crippen LogP contribution in [0.25, 0.3) is 0 Å². The summed E-state index contributed by atoms with van der Waals surface area (Å²) in [7, 11) is 0. The van der Waals surface area contributed by atoms with Gasteiger partial charge in [0.15, 0.2) is 5.96 Å². The lowest BCUT2D eigenvalue weighted by Gasteiger charge is -2.04. The van der Waals surface area contributed by atoms with Crippen molar-refractivity contribution in [1.29, 1.82) is 0 Å². The van der Waals surface area contributed by atoms with Crippen molar-refractivity contribution in [2.75, 3.05) is 6.54 Å². The van der Waals surface area contributed by atoms with Crippen molar-refractivity contribution in [3.63, 3.8) is 0 Å². The van der Waals surface area contributed by atoms with E-state index in [1.807, 2.05) is 0 Å². The number of aliphatic imine (C=N–C) groups is 1. The van der Waals surface area contributed by atoms with E-state index in [1.165, 1.54) is 0 Å². The van der Waals surface area contributed by atoms with Crippen LogP contribution < -0.4 is 17.2 Å². The smallest absolute Gasteiger partial charge is 0.320 e. The van der Waals surface area contributed by atoms with Gasteiger partial charge in [-0.25, -0.2) is 0 Å². The standard InChI is InChI=1S/C7H16N4O2.H2O/c8-5(6(12)13)3-1-2-4-11-7(9)10;/h5H,1-4,8H2,(H,12,13)(H4,9,10,11);1H2/t5-;/m0./s1. The second kappa shape index (κ2) is 8.27. The summed E-state index contributed by atoms with van der Waals surface area (Å²) in [4.78, 5) is 14.0. The molecule has 0 fully saturated rings. The van der Waals surface area contributed by atoms with E-state index >= 15 is 0 Å². The van der Waals surface area contributed by atoms with Gasteiger partial charge >= 0.3 is 5.97 Å². The minimum Gasteiger partial charge on any atom is -0.480 e. The molecule has 0 radical (unpaired) electrons. The van der Waals surface area contributed by atoms with Crippen LogP contribution in [0.15, 0.2) is 4.99 Å². The molecule has 1 atom stereocenters. The van der Waals surface area contributed by atoms with Crippen molar-refractivity contribution < 1.29 is 15.4 Å². The number of nitrogens with two attached hydrogens (primary N) is 3. The second-order valence-corrected chi connectivity index (χ2v) is 2.75. The van der Waals surface area contributed by atoms with Crippen molar-refractivity contribution >= 4 is 11.9 Å². The topological polar surface area (TPSA) is 159 Å². The van der Waals surface area contributed by atoms with Crippen LogP contribution in [-0.4, -0.2) is 35.1 Å². The van der Waals surface area contributed by atoms with Crippen LogP contribution in [0.2, 0.25) is 0 Å². The molecule has 0 bridgehead atoms. The largest absolute Gasteiger partial charge is 0.480 e. The summed E-state index contributed by atoms with van der Waals surface area (Å²) in [5.41, 5.74) is 15.5. The third-order valence-electron chi connectivity index (χ3n) is 1.53. The van der Waals surface area contributed by atoms with E-state index in [2.05, 4.69) is 4.99 Å². The van der Waals surface area contributed by atoms with Crippen molar-refractivity contribution in [2.45, 2.75) is 25.3 Å². The van der Waals surface area contributed by atoms with Gasteiger partial charge in [-0.15, -0.1) is 0 Å². The van der Waals surface area contributed by atoms with Crippen molar-refractivity contribution in [3.05, 3.63) is 0 Å². The molecule has 0 aliphatic heterocycles. The summed E-state index contributed by atoms with van der Waals surface area (Å²) in [5, 5.41) is 8.43. The normalized spacial score (nSPS) is 11.2. The first-order chi connectivity index (χ1) is 6.04. The van der Waals surface area contributed by atoms with Gasteiger partial charge in [0.05, 0.1) is 0 Å². The number of aliphatic carboxylic acids is 1. The molecule has 0 unspecified atom stereocenters. The average Bonchev–Trinajstić information content (AvgIpc) is 2.02. The number of carbonyl (C=O) groups is 1. The molecule has 0 aromatic carbocycles. The van der Waals surface area contributed by atoms with Crippen LogP contribution in [-0.2, 0) is 4.79 Å². The van der Waals surface area contributed by atoms with Gasteiger partial charge in [-0.3, -0.25) is 9.79 Å². The van der Waals surface area contributed by atoms with Gasteiger partial charge in [-0.2, -0.15) is 0 Å². The number of unbranched alkanes of at least 4 members (excludes halogenated alkanes) is 1. The molecule has 9 N–H and O–H groups in total. The van der Waals surface area contributed by atoms with Gasteiger partial charge in [0.25, 0.3) is 0 Å². The first kappa shape index (κ1) is 15.1. The molecule has 84 valence electrons. The number of hydrogen-bond donors (Lipinski definition) is 4. The molecule has 0 aliphatic rings. The maximum absolute atomic E-state index is 10.3. The van der Waals surface area contributed by atoms with Gasteiger partial charge in [0.2, 0.25) is 0 Å². The Bertz CT molecular complexity index is 191. The molecule has 0 heterocycles. The predicted octanol–water partition coefficient (Wildman–Crippen LogP) is -1.98. The van der Waals surface area contributed by atoms with Crippen molar-refractivity contribution in [3.8, 4) is 0 Å². The first-order valence-electron chi connectivity index (χ1n) is 4.08. The third kappa shape index (κ3) is 8.75. The van der Waals surface area contributed by atoms with E-state index in [0.29, 0.717) is 19.4 Å². The van der Waals surface area contributed by atoms with E-state index in [-0.39, 0.29) is 11.4 Å². The lowest BCUT2D eigenvalue weighted by molar-refractivity contribution is -0.138. The summed E-state index contributed by atoms with van der Waals surface area (Å²) in [6.07, 6.45) is 1.92. The summed E-state index contributed by atoms with van der Waals surface area (Å²) in [6.45, 7) is 0.522. The van der Waals surface area contributed by atoms with Crippen LogP contribution >= 0.6 is 0 Å². The summed E-state index contributed by atoms with van der Waals surface area (Å²) < 4.78 is 0. The summed E-state index contributed by atoms with van der Waals surface area (Å²) in [6, 6.07) is -0.779. The Balaban J connectivity index is 0. The van der Waals surface area contributed by atoms with Gasteiger partial charge in [-0.05, 0) is 19.3 Å². The molecule has 0 saturated carbocycles. The number of rotatable bonds is 6. The van der Waals surface area contributed by atoms with E-state index in [0.717, 1.165) is 6.42 Å². The molecule has 0 amide bonds. The fourth-order valence-corrected chi connectivity index (χ4v) is 0.808. The van der Waals surface area contributed by atoms with Crippen LogP contribution in [0.1, 0.15) is 19.3 Å². The van der Waals surface area contributed by atoms with Crippen LogP contribution in [0.4, 0.5) is 0 Å². The molecule has 0 aliphatic carbocycles. The van der Waals surface area contributed by atoms with Gasteiger partial charge in [0, 0.05) is 6.54 Å². The van der Waals surface area contributed by atoms with Crippen LogP contribution in [0.5, 0.6) is 0 Å². The number of hydrogen-bond acceptors (Lipinski definition) is 3.